The van der Waals surface area contributed by atoms with Crippen molar-refractivity contribution in [2.45, 2.75) is 25.7 Å². The molecule has 1 aromatic heterocycles. The van der Waals surface area contributed by atoms with E-state index < -0.39 is 0 Å². The van der Waals surface area contributed by atoms with Gasteiger partial charge in [0.1, 0.15) is 5.75 Å². The highest BCUT2D eigenvalue weighted by Crippen LogP contribution is 2.44. The Kier molecular flexibility index (Phi) is 4.40. The van der Waals surface area contributed by atoms with Crippen molar-refractivity contribution in [1.29, 1.82) is 0 Å². The Hall–Kier alpha value is -2.40. The van der Waals surface area contributed by atoms with Gasteiger partial charge in [0.2, 0.25) is 11.8 Å². The van der Waals surface area contributed by atoms with Crippen LogP contribution in [-0.2, 0) is 4.79 Å². The first-order chi connectivity index (χ1) is 12.3. The van der Waals surface area contributed by atoms with E-state index in [1.807, 2.05) is 42.5 Å². The molecule has 4 rings (SSSR count). The molecular formula is C20H23N3O2. The van der Waals surface area contributed by atoms with E-state index in [1.165, 1.54) is 6.42 Å². The molecule has 5 nitrogen and oxygen atoms in total. The summed E-state index contributed by atoms with van der Waals surface area (Å²) in [6.45, 7) is 1.76. The summed E-state index contributed by atoms with van der Waals surface area (Å²) in [6, 6.07) is 13.0. The maximum absolute atomic E-state index is 13.0. The molecule has 0 spiro atoms. The molecule has 2 aromatic rings. The zero-order valence-corrected chi connectivity index (χ0v) is 14.2. The van der Waals surface area contributed by atoms with Gasteiger partial charge in [-0.3, -0.25) is 4.79 Å². The number of carbonyl (C=O) groups excluding carboxylic acids is 1. The van der Waals surface area contributed by atoms with E-state index in [2.05, 4.69) is 15.6 Å². The standard InChI is InChI=1S/C20H23N3O2/c24-19(20-11-3-1-5-15(20)13-21-14-20)23-16-7-9-17(10-8-16)25-18-6-2-4-12-22-18/h2,4,6-10,12,15,21H,1,3,5,11,13-14H2,(H,23,24)/t15-,20+/m0/s1. The molecule has 0 radical (unpaired) electrons. The lowest BCUT2D eigenvalue weighted by atomic mass is 9.67. The molecule has 2 heterocycles. The number of nitrogens with one attached hydrogen (secondary N) is 2. The molecule has 1 aliphatic heterocycles. The second-order valence-electron chi connectivity index (χ2n) is 6.98. The molecule has 1 aliphatic carbocycles. The summed E-state index contributed by atoms with van der Waals surface area (Å²) in [7, 11) is 0. The molecule has 25 heavy (non-hydrogen) atoms. The average molecular weight is 337 g/mol. The number of nitrogens with zero attached hydrogens (tertiary/aromatic N) is 1. The minimum Gasteiger partial charge on any atom is -0.439 e. The number of carbonyl (C=O) groups is 1. The van der Waals surface area contributed by atoms with Gasteiger partial charge in [0.05, 0.1) is 5.41 Å². The zero-order valence-electron chi connectivity index (χ0n) is 14.2. The molecule has 2 N–H and O–H groups in total. The first kappa shape index (κ1) is 16.1. The molecule has 1 aromatic carbocycles. The number of hydrogen-bond donors (Lipinski definition) is 2. The van der Waals surface area contributed by atoms with Crippen LogP contribution in [0.5, 0.6) is 11.6 Å². The van der Waals surface area contributed by atoms with Crippen molar-refractivity contribution < 1.29 is 9.53 Å². The highest BCUT2D eigenvalue weighted by Gasteiger charge is 2.49. The van der Waals surface area contributed by atoms with Crippen LogP contribution in [-0.4, -0.2) is 24.0 Å². The molecule has 1 saturated carbocycles. The van der Waals surface area contributed by atoms with Gasteiger partial charge in [0.25, 0.3) is 0 Å². The van der Waals surface area contributed by atoms with E-state index in [4.69, 9.17) is 4.74 Å². The van der Waals surface area contributed by atoms with Gasteiger partial charge in [-0.1, -0.05) is 18.9 Å². The first-order valence-electron chi connectivity index (χ1n) is 8.97. The van der Waals surface area contributed by atoms with Crippen LogP contribution >= 0.6 is 0 Å². The smallest absolute Gasteiger partial charge is 0.232 e. The van der Waals surface area contributed by atoms with Crippen LogP contribution in [0.4, 0.5) is 5.69 Å². The maximum atomic E-state index is 13.0. The van der Waals surface area contributed by atoms with Gasteiger partial charge in [-0.15, -0.1) is 0 Å². The Labute approximate surface area is 147 Å². The molecule has 0 unspecified atom stereocenters. The SMILES string of the molecule is O=C(Nc1ccc(Oc2ccccn2)cc1)[C@@]12CCCC[C@H]1CNC2. The Morgan fingerprint density at radius 3 is 2.88 bits per heavy atom. The molecule has 2 atom stereocenters. The molecule has 5 heteroatoms. The fourth-order valence-electron chi connectivity index (χ4n) is 4.08. The van der Waals surface area contributed by atoms with Crippen LogP contribution in [0.1, 0.15) is 25.7 Å². The number of rotatable bonds is 4. The molecule has 0 bridgehead atoms. The third kappa shape index (κ3) is 3.24. The third-order valence-electron chi connectivity index (χ3n) is 5.46. The average Bonchev–Trinajstić information content (AvgIpc) is 3.10. The number of benzene rings is 1. The molecular weight excluding hydrogens is 314 g/mol. The van der Waals surface area contributed by atoms with E-state index in [9.17, 15) is 4.79 Å². The van der Waals surface area contributed by atoms with Crippen LogP contribution in [0, 0.1) is 11.3 Å². The molecule has 1 saturated heterocycles. The van der Waals surface area contributed by atoms with Crippen molar-refractivity contribution >= 4 is 11.6 Å². The second-order valence-corrected chi connectivity index (χ2v) is 6.98. The predicted molar refractivity (Wildman–Crippen MR) is 96.6 cm³/mol. The fraction of sp³-hybridized carbons (Fsp3) is 0.400. The van der Waals surface area contributed by atoms with Crippen molar-refractivity contribution in [1.82, 2.24) is 10.3 Å². The van der Waals surface area contributed by atoms with Crippen LogP contribution in [0.25, 0.3) is 0 Å². The van der Waals surface area contributed by atoms with Gasteiger partial charge in [-0.25, -0.2) is 4.98 Å². The number of hydrogen-bond acceptors (Lipinski definition) is 4. The van der Waals surface area contributed by atoms with Crippen molar-refractivity contribution in [2.75, 3.05) is 18.4 Å². The number of pyridine rings is 1. The second kappa shape index (κ2) is 6.84. The number of anilines is 1. The van der Waals surface area contributed by atoms with E-state index >= 15 is 0 Å². The van der Waals surface area contributed by atoms with Gasteiger partial charge in [-0.05, 0) is 55.6 Å². The molecule has 2 fully saturated rings. The summed E-state index contributed by atoms with van der Waals surface area (Å²) in [5.41, 5.74) is 0.574. The molecule has 2 aliphatic rings. The Bertz CT molecular complexity index is 732. The highest BCUT2D eigenvalue weighted by molar-refractivity contribution is 5.96. The van der Waals surface area contributed by atoms with E-state index in [1.54, 1.807) is 6.20 Å². The minimum absolute atomic E-state index is 0.153. The first-order valence-corrected chi connectivity index (χ1v) is 8.97. The normalized spacial score (nSPS) is 25.2. The van der Waals surface area contributed by atoms with Gasteiger partial charge in [-0.2, -0.15) is 0 Å². The van der Waals surface area contributed by atoms with E-state index in [0.29, 0.717) is 17.5 Å². The zero-order chi connectivity index (χ0) is 17.1. The number of fused-ring (bicyclic) bond motifs is 1. The minimum atomic E-state index is -0.235. The number of aromatic nitrogens is 1. The number of amides is 1. The largest absolute Gasteiger partial charge is 0.439 e. The lowest BCUT2D eigenvalue weighted by Crippen LogP contribution is -2.44. The lowest BCUT2D eigenvalue weighted by Gasteiger charge is -2.37. The van der Waals surface area contributed by atoms with Crippen molar-refractivity contribution in [3.63, 3.8) is 0 Å². The summed E-state index contributed by atoms with van der Waals surface area (Å²) in [5, 5.41) is 6.54. The maximum Gasteiger partial charge on any atom is 0.232 e. The molecule has 1 amide bonds. The fourth-order valence-corrected chi connectivity index (χ4v) is 4.08. The summed E-state index contributed by atoms with van der Waals surface area (Å²) in [5.74, 6) is 1.88. The summed E-state index contributed by atoms with van der Waals surface area (Å²) < 4.78 is 5.69. The summed E-state index contributed by atoms with van der Waals surface area (Å²) in [4.78, 5) is 17.1. The van der Waals surface area contributed by atoms with Crippen molar-refractivity contribution in [3.8, 4) is 11.6 Å². The quantitative estimate of drug-likeness (QED) is 0.895. The lowest BCUT2D eigenvalue weighted by molar-refractivity contribution is -0.128. The number of ether oxygens (including phenoxy) is 1. The Balaban J connectivity index is 1.43. The topological polar surface area (TPSA) is 63.2 Å². The van der Waals surface area contributed by atoms with Gasteiger partial charge in [0, 0.05) is 24.5 Å². The van der Waals surface area contributed by atoms with Crippen LogP contribution in [0.2, 0.25) is 0 Å². The van der Waals surface area contributed by atoms with Gasteiger partial charge < -0.3 is 15.4 Å². The Morgan fingerprint density at radius 1 is 1.20 bits per heavy atom. The molecule has 130 valence electrons. The van der Waals surface area contributed by atoms with Crippen molar-refractivity contribution in [2.24, 2.45) is 11.3 Å². The monoisotopic (exact) mass is 337 g/mol. The van der Waals surface area contributed by atoms with Crippen molar-refractivity contribution in [3.05, 3.63) is 48.7 Å². The summed E-state index contributed by atoms with van der Waals surface area (Å²) in [6.07, 6.45) is 6.21. The van der Waals surface area contributed by atoms with Crippen LogP contribution in [0.15, 0.2) is 48.7 Å². The van der Waals surface area contributed by atoms with Gasteiger partial charge >= 0.3 is 0 Å². The highest BCUT2D eigenvalue weighted by atomic mass is 16.5. The van der Waals surface area contributed by atoms with Gasteiger partial charge in [0.15, 0.2) is 0 Å². The summed E-state index contributed by atoms with van der Waals surface area (Å²) >= 11 is 0. The Morgan fingerprint density at radius 2 is 2.08 bits per heavy atom. The van der Waals surface area contributed by atoms with E-state index in [0.717, 1.165) is 38.0 Å². The third-order valence-corrected chi connectivity index (χ3v) is 5.46. The van der Waals surface area contributed by atoms with E-state index in [-0.39, 0.29) is 11.3 Å². The van der Waals surface area contributed by atoms with Crippen LogP contribution < -0.4 is 15.4 Å². The predicted octanol–water partition coefficient (Wildman–Crippen LogP) is 3.59. The van der Waals surface area contributed by atoms with Crippen LogP contribution in [0.3, 0.4) is 0 Å².